The van der Waals surface area contributed by atoms with Crippen molar-refractivity contribution < 1.29 is 9.47 Å². The second-order valence-electron chi connectivity index (χ2n) is 5.84. The zero-order chi connectivity index (χ0) is 15.4. The van der Waals surface area contributed by atoms with Crippen molar-refractivity contribution >= 4 is 0 Å². The van der Waals surface area contributed by atoms with Gasteiger partial charge in [0.15, 0.2) is 11.5 Å². The minimum Gasteiger partial charge on any atom is -0.493 e. The number of benzene rings is 2. The second kappa shape index (κ2) is 6.84. The molecule has 1 heterocycles. The Kier molecular flexibility index (Phi) is 4.64. The van der Waals surface area contributed by atoms with Crippen molar-refractivity contribution in [3.8, 4) is 11.5 Å². The van der Waals surface area contributed by atoms with Gasteiger partial charge in [0, 0.05) is 5.92 Å². The standard InChI is InChI=1S/C19H23NO2/c1-21-18-8-4-7-17-12-14(13-22-19(17)18)11-16-6-3-2-5-15(16)9-10-20/h2-8,14H,9-13,20H2,1H3/t14-/m1/s1. The van der Waals surface area contributed by atoms with Gasteiger partial charge in [-0.3, -0.25) is 0 Å². The largest absolute Gasteiger partial charge is 0.493 e. The molecule has 0 unspecified atom stereocenters. The summed E-state index contributed by atoms with van der Waals surface area (Å²) in [6, 6.07) is 14.7. The highest BCUT2D eigenvalue weighted by atomic mass is 16.5. The summed E-state index contributed by atoms with van der Waals surface area (Å²) in [7, 11) is 1.69. The van der Waals surface area contributed by atoms with Crippen molar-refractivity contribution in [1.29, 1.82) is 0 Å². The van der Waals surface area contributed by atoms with Gasteiger partial charge in [-0.1, -0.05) is 36.4 Å². The van der Waals surface area contributed by atoms with E-state index in [4.69, 9.17) is 15.2 Å². The van der Waals surface area contributed by atoms with E-state index in [-0.39, 0.29) is 0 Å². The fourth-order valence-electron chi connectivity index (χ4n) is 3.22. The Morgan fingerprint density at radius 3 is 2.73 bits per heavy atom. The average molecular weight is 297 g/mol. The third-order valence-corrected chi connectivity index (χ3v) is 4.29. The van der Waals surface area contributed by atoms with E-state index in [1.54, 1.807) is 7.11 Å². The van der Waals surface area contributed by atoms with E-state index in [2.05, 4.69) is 30.3 Å². The number of hydrogen-bond acceptors (Lipinski definition) is 3. The smallest absolute Gasteiger partial charge is 0.164 e. The predicted molar refractivity (Wildman–Crippen MR) is 88.6 cm³/mol. The number of hydrogen-bond donors (Lipinski definition) is 1. The monoisotopic (exact) mass is 297 g/mol. The van der Waals surface area contributed by atoms with Crippen LogP contribution in [0.1, 0.15) is 16.7 Å². The molecule has 1 atom stereocenters. The third kappa shape index (κ3) is 3.09. The van der Waals surface area contributed by atoms with Gasteiger partial charge in [0.1, 0.15) is 0 Å². The molecule has 2 aromatic rings. The molecule has 0 saturated carbocycles. The SMILES string of the molecule is COc1cccc2c1OC[C@H](Cc1ccccc1CCN)C2. The minimum absolute atomic E-state index is 0.499. The van der Waals surface area contributed by atoms with Crippen molar-refractivity contribution in [2.45, 2.75) is 19.3 Å². The highest BCUT2D eigenvalue weighted by Gasteiger charge is 2.23. The molecule has 0 spiro atoms. The average Bonchev–Trinajstić information content (AvgIpc) is 2.56. The van der Waals surface area contributed by atoms with Gasteiger partial charge in [0.2, 0.25) is 0 Å². The van der Waals surface area contributed by atoms with Gasteiger partial charge in [-0.25, -0.2) is 0 Å². The molecule has 0 saturated heterocycles. The van der Waals surface area contributed by atoms with Crippen LogP contribution >= 0.6 is 0 Å². The Hall–Kier alpha value is -2.00. The van der Waals surface area contributed by atoms with Gasteiger partial charge in [-0.2, -0.15) is 0 Å². The molecule has 1 aliphatic rings. The zero-order valence-electron chi connectivity index (χ0n) is 13.0. The molecule has 3 rings (SSSR count). The van der Waals surface area contributed by atoms with E-state index in [0.29, 0.717) is 12.5 Å². The van der Waals surface area contributed by atoms with E-state index in [9.17, 15) is 0 Å². The molecular weight excluding hydrogens is 274 g/mol. The van der Waals surface area contributed by atoms with E-state index in [1.807, 2.05) is 12.1 Å². The van der Waals surface area contributed by atoms with Crippen molar-refractivity contribution in [3.05, 3.63) is 59.2 Å². The highest BCUT2D eigenvalue weighted by molar-refractivity contribution is 5.48. The molecule has 3 nitrogen and oxygen atoms in total. The van der Waals surface area contributed by atoms with Crippen LogP contribution in [0.5, 0.6) is 11.5 Å². The van der Waals surface area contributed by atoms with Gasteiger partial charge in [0.25, 0.3) is 0 Å². The summed E-state index contributed by atoms with van der Waals surface area (Å²) in [6.45, 7) is 1.43. The second-order valence-corrected chi connectivity index (χ2v) is 5.84. The number of methoxy groups -OCH3 is 1. The Morgan fingerprint density at radius 2 is 1.95 bits per heavy atom. The normalized spacial score (nSPS) is 16.7. The molecule has 116 valence electrons. The molecule has 0 fully saturated rings. The summed E-state index contributed by atoms with van der Waals surface area (Å²) in [4.78, 5) is 0. The first-order valence-corrected chi connectivity index (χ1v) is 7.87. The van der Waals surface area contributed by atoms with Gasteiger partial charge >= 0.3 is 0 Å². The Morgan fingerprint density at radius 1 is 1.14 bits per heavy atom. The van der Waals surface area contributed by atoms with Crippen LogP contribution in [0.15, 0.2) is 42.5 Å². The van der Waals surface area contributed by atoms with Gasteiger partial charge in [-0.05, 0) is 48.6 Å². The van der Waals surface area contributed by atoms with Crippen LogP contribution in [0.2, 0.25) is 0 Å². The van der Waals surface area contributed by atoms with Crippen LogP contribution < -0.4 is 15.2 Å². The van der Waals surface area contributed by atoms with Crippen molar-refractivity contribution in [1.82, 2.24) is 0 Å². The summed E-state index contributed by atoms with van der Waals surface area (Å²) in [5, 5.41) is 0. The molecule has 0 aliphatic carbocycles. The lowest BCUT2D eigenvalue weighted by Crippen LogP contribution is -2.23. The van der Waals surface area contributed by atoms with Crippen LogP contribution in [0.3, 0.4) is 0 Å². The van der Waals surface area contributed by atoms with Crippen LogP contribution in [0.25, 0.3) is 0 Å². The number of fused-ring (bicyclic) bond motifs is 1. The Balaban J connectivity index is 1.76. The molecule has 2 aromatic carbocycles. The maximum absolute atomic E-state index is 5.98. The Bertz CT molecular complexity index is 639. The molecule has 0 radical (unpaired) electrons. The summed E-state index contributed by atoms with van der Waals surface area (Å²) in [5.74, 6) is 2.24. The fraction of sp³-hybridized carbons (Fsp3) is 0.368. The van der Waals surface area contributed by atoms with E-state index in [0.717, 1.165) is 37.4 Å². The maximum Gasteiger partial charge on any atom is 0.164 e. The van der Waals surface area contributed by atoms with Crippen LogP contribution in [-0.2, 0) is 19.3 Å². The molecule has 1 aliphatic heterocycles. The highest BCUT2D eigenvalue weighted by Crippen LogP contribution is 2.36. The maximum atomic E-state index is 5.98. The first-order valence-electron chi connectivity index (χ1n) is 7.87. The predicted octanol–water partition coefficient (Wildman–Crippen LogP) is 2.99. The molecule has 22 heavy (non-hydrogen) atoms. The lowest BCUT2D eigenvalue weighted by atomic mass is 9.88. The molecule has 0 amide bonds. The summed E-state index contributed by atoms with van der Waals surface area (Å²) < 4.78 is 11.4. The van der Waals surface area contributed by atoms with Crippen molar-refractivity contribution in [3.63, 3.8) is 0 Å². The topological polar surface area (TPSA) is 44.5 Å². The zero-order valence-corrected chi connectivity index (χ0v) is 13.0. The Labute approximate surface area is 132 Å². The summed E-state index contributed by atoms with van der Waals surface area (Å²) in [6.07, 6.45) is 3.00. The number of nitrogens with two attached hydrogens (primary N) is 1. The van der Waals surface area contributed by atoms with Gasteiger partial charge in [-0.15, -0.1) is 0 Å². The molecule has 3 heteroatoms. The van der Waals surface area contributed by atoms with Crippen LogP contribution in [0, 0.1) is 5.92 Å². The number of rotatable bonds is 5. The molecule has 0 bridgehead atoms. The van der Waals surface area contributed by atoms with E-state index in [1.165, 1.54) is 16.7 Å². The van der Waals surface area contributed by atoms with Crippen LogP contribution in [0.4, 0.5) is 0 Å². The van der Waals surface area contributed by atoms with Crippen molar-refractivity contribution in [2.24, 2.45) is 11.7 Å². The van der Waals surface area contributed by atoms with Gasteiger partial charge in [0.05, 0.1) is 13.7 Å². The van der Waals surface area contributed by atoms with E-state index < -0.39 is 0 Å². The first kappa shape index (κ1) is 14.9. The molecular formula is C19H23NO2. The van der Waals surface area contributed by atoms with Gasteiger partial charge < -0.3 is 15.2 Å². The minimum atomic E-state index is 0.499. The quantitative estimate of drug-likeness (QED) is 0.922. The lowest BCUT2D eigenvalue weighted by molar-refractivity contribution is 0.211. The number of ether oxygens (including phenoxy) is 2. The first-order chi connectivity index (χ1) is 10.8. The number of para-hydroxylation sites is 1. The van der Waals surface area contributed by atoms with Crippen LogP contribution in [-0.4, -0.2) is 20.3 Å². The fourth-order valence-corrected chi connectivity index (χ4v) is 3.22. The van der Waals surface area contributed by atoms with Crippen molar-refractivity contribution in [2.75, 3.05) is 20.3 Å². The molecule has 2 N–H and O–H groups in total. The summed E-state index contributed by atoms with van der Waals surface area (Å²) >= 11 is 0. The molecule has 0 aromatic heterocycles. The lowest BCUT2D eigenvalue weighted by Gasteiger charge is -2.27. The van der Waals surface area contributed by atoms with E-state index >= 15 is 0 Å². The summed E-state index contributed by atoms with van der Waals surface area (Å²) in [5.41, 5.74) is 9.72. The third-order valence-electron chi connectivity index (χ3n) is 4.29.